The number of furan rings is 1. The summed E-state index contributed by atoms with van der Waals surface area (Å²) < 4.78 is 11.4. The van der Waals surface area contributed by atoms with Crippen molar-refractivity contribution in [3.8, 4) is 5.75 Å². The van der Waals surface area contributed by atoms with Crippen LogP contribution in [0.4, 0.5) is 0 Å². The Morgan fingerprint density at radius 1 is 1.48 bits per heavy atom. The lowest BCUT2D eigenvalue weighted by atomic mass is 10.2. The van der Waals surface area contributed by atoms with Crippen molar-refractivity contribution in [2.75, 3.05) is 6.61 Å². The van der Waals surface area contributed by atoms with Crippen LogP contribution < -0.4 is 10.2 Å². The molecular formula is C14H12ClIN2O3. The molecule has 0 bridgehead atoms. The minimum absolute atomic E-state index is 0.131. The SMILES string of the molecule is Cc1cc(OCC(=O)NN=Cc2ccc(I)o2)ccc1Cl. The van der Waals surface area contributed by atoms with Crippen LogP contribution in [0.25, 0.3) is 0 Å². The summed E-state index contributed by atoms with van der Waals surface area (Å²) in [6.07, 6.45) is 1.42. The van der Waals surface area contributed by atoms with E-state index in [0.29, 0.717) is 16.5 Å². The molecule has 0 aliphatic carbocycles. The summed E-state index contributed by atoms with van der Waals surface area (Å²) in [6.45, 7) is 1.73. The van der Waals surface area contributed by atoms with E-state index in [-0.39, 0.29) is 12.5 Å². The second kappa shape index (κ2) is 7.46. The third-order valence-corrected chi connectivity index (χ3v) is 3.48. The van der Waals surface area contributed by atoms with E-state index in [1.807, 2.05) is 29.5 Å². The van der Waals surface area contributed by atoms with Crippen molar-refractivity contribution >= 4 is 46.3 Å². The maximum atomic E-state index is 11.6. The van der Waals surface area contributed by atoms with Crippen LogP contribution in [0, 0.1) is 10.7 Å². The van der Waals surface area contributed by atoms with Gasteiger partial charge in [-0.1, -0.05) is 11.6 Å². The van der Waals surface area contributed by atoms with Crippen molar-refractivity contribution in [2.45, 2.75) is 6.92 Å². The Bertz CT molecular complexity index is 670. The van der Waals surface area contributed by atoms with Crippen molar-refractivity contribution in [1.82, 2.24) is 5.43 Å². The van der Waals surface area contributed by atoms with E-state index in [0.717, 1.165) is 9.33 Å². The van der Waals surface area contributed by atoms with Crippen LogP contribution in [-0.4, -0.2) is 18.7 Å². The quantitative estimate of drug-likeness (QED) is 0.460. The Labute approximate surface area is 140 Å². The minimum Gasteiger partial charge on any atom is -0.484 e. The monoisotopic (exact) mass is 418 g/mol. The fourth-order valence-electron chi connectivity index (χ4n) is 1.45. The van der Waals surface area contributed by atoms with Crippen molar-refractivity contribution in [3.63, 3.8) is 0 Å². The first-order valence-corrected chi connectivity index (χ1v) is 7.46. The minimum atomic E-state index is -0.361. The molecular weight excluding hydrogens is 407 g/mol. The summed E-state index contributed by atoms with van der Waals surface area (Å²) in [5.74, 6) is 0.783. The number of carbonyl (C=O) groups excluding carboxylic acids is 1. The van der Waals surface area contributed by atoms with Gasteiger partial charge in [-0.2, -0.15) is 5.10 Å². The van der Waals surface area contributed by atoms with Gasteiger partial charge in [-0.15, -0.1) is 0 Å². The average molecular weight is 419 g/mol. The van der Waals surface area contributed by atoms with E-state index in [9.17, 15) is 4.79 Å². The van der Waals surface area contributed by atoms with Gasteiger partial charge in [-0.25, -0.2) is 5.43 Å². The second-order valence-corrected chi connectivity index (χ2v) is 5.61. The number of carbonyl (C=O) groups is 1. The molecule has 0 saturated carbocycles. The predicted molar refractivity (Wildman–Crippen MR) is 88.8 cm³/mol. The molecule has 0 aliphatic heterocycles. The molecule has 2 rings (SSSR count). The van der Waals surface area contributed by atoms with Crippen molar-refractivity contribution in [1.29, 1.82) is 0 Å². The largest absolute Gasteiger partial charge is 0.484 e. The molecule has 0 spiro atoms. The molecule has 1 N–H and O–H groups in total. The summed E-state index contributed by atoms with van der Waals surface area (Å²) in [7, 11) is 0. The molecule has 1 aromatic heterocycles. The number of nitrogens with one attached hydrogen (secondary N) is 1. The van der Waals surface area contributed by atoms with E-state index in [1.165, 1.54) is 6.21 Å². The number of hydrogen-bond donors (Lipinski definition) is 1. The third kappa shape index (κ3) is 5.05. The van der Waals surface area contributed by atoms with Crippen LogP contribution in [0.15, 0.2) is 39.9 Å². The standard InChI is InChI=1S/C14H12ClIN2O3/c1-9-6-10(2-4-12(9)15)20-8-14(19)18-17-7-11-3-5-13(16)21-11/h2-7H,8H2,1H3,(H,18,19). The number of hydrazone groups is 1. The summed E-state index contributed by atoms with van der Waals surface area (Å²) in [5.41, 5.74) is 3.24. The van der Waals surface area contributed by atoms with Gasteiger partial charge in [0.1, 0.15) is 11.5 Å². The number of aryl methyl sites for hydroxylation is 1. The number of ether oxygens (including phenoxy) is 1. The number of halogens is 2. The number of rotatable bonds is 5. The maximum Gasteiger partial charge on any atom is 0.277 e. The molecule has 1 amide bonds. The molecule has 5 nitrogen and oxygen atoms in total. The fourth-order valence-corrected chi connectivity index (χ4v) is 2.01. The van der Waals surface area contributed by atoms with E-state index in [1.54, 1.807) is 30.3 Å². The highest BCUT2D eigenvalue weighted by Crippen LogP contribution is 2.20. The first kappa shape index (κ1) is 15.8. The van der Waals surface area contributed by atoms with Gasteiger partial charge in [-0.3, -0.25) is 4.79 Å². The Morgan fingerprint density at radius 2 is 2.29 bits per heavy atom. The summed E-state index contributed by atoms with van der Waals surface area (Å²) in [5, 5.41) is 4.43. The Balaban J connectivity index is 1.79. The Morgan fingerprint density at radius 3 is 2.95 bits per heavy atom. The van der Waals surface area contributed by atoms with Gasteiger partial charge in [0.15, 0.2) is 10.4 Å². The zero-order valence-corrected chi connectivity index (χ0v) is 14.0. The zero-order valence-electron chi connectivity index (χ0n) is 11.1. The molecule has 0 radical (unpaired) electrons. The molecule has 1 heterocycles. The van der Waals surface area contributed by atoms with Gasteiger partial charge >= 0.3 is 0 Å². The number of benzene rings is 1. The predicted octanol–water partition coefficient (Wildman–Crippen LogP) is 3.38. The smallest absolute Gasteiger partial charge is 0.277 e. The first-order chi connectivity index (χ1) is 10.0. The Kier molecular flexibility index (Phi) is 5.63. The van der Waals surface area contributed by atoms with Gasteiger partial charge in [0, 0.05) is 5.02 Å². The highest BCUT2D eigenvalue weighted by Gasteiger charge is 2.03. The fraction of sp³-hybridized carbons (Fsp3) is 0.143. The number of hydrogen-bond acceptors (Lipinski definition) is 4. The molecule has 0 fully saturated rings. The van der Waals surface area contributed by atoms with E-state index >= 15 is 0 Å². The molecule has 7 heteroatoms. The first-order valence-electron chi connectivity index (χ1n) is 6.01. The molecule has 0 atom stereocenters. The molecule has 110 valence electrons. The molecule has 21 heavy (non-hydrogen) atoms. The second-order valence-electron chi connectivity index (χ2n) is 4.13. The summed E-state index contributed by atoms with van der Waals surface area (Å²) in [6, 6.07) is 8.75. The van der Waals surface area contributed by atoms with E-state index < -0.39 is 0 Å². The van der Waals surface area contributed by atoms with Crippen LogP contribution in [0.2, 0.25) is 5.02 Å². The number of nitrogens with zero attached hydrogens (tertiary/aromatic N) is 1. The van der Waals surface area contributed by atoms with E-state index in [4.69, 9.17) is 20.8 Å². The highest BCUT2D eigenvalue weighted by molar-refractivity contribution is 14.1. The van der Waals surface area contributed by atoms with Crippen LogP contribution in [0.5, 0.6) is 5.75 Å². The van der Waals surface area contributed by atoms with E-state index in [2.05, 4.69) is 10.5 Å². The van der Waals surface area contributed by atoms with Gasteiger partial charge in [-0.05, 0) is 65.4 Å². The summed E-state index contributed by atoms with van der Waals surface area (Å²) >= 11 is 7.95. The topological polar surface area (TPSA) is 63.8 Å². The maximum absolute atomic E-state index is 11.6. The highest BCUT2D eigenvalue weighted by atomic mass is 127. The molecule has 1 aromatic carbocycles. The number of amides is 1. The van der Waals surface area contributed by atoms with Crippen molar-refractivity contribution in [2.24, 2.45) is 5.10 Å². The van der Waals surface area contributed by atoms with Gasteiger partial charge in [0.05, 0.1) is 6.21 Å². The normalized spacial score (nSPS) is 10.8. The van der Waals surface area contributed by atoms with Crippen LogP contribution in [-0.2, 0) is 4.79 Å². The van der Waals surface area contributed by atoms with Crippen LogP contribution in [0.1, 0.15) is 11.3 Å². The third-order valence-electron chi connectivity index (χ3n) is 2.47. The lowest BCUT2D eigenvalue weighted by molar-refractivity contribution is -0.123. The molecule has 0 saturated heterocycles. The molecule has 2 aromatic rings. The van der Waals surface area contributed by atoms with Crippen LogP contribution in [0.3, 0.4) is 0 Å². The van der Waals surface area contributed by atoms with Crippen molar-refractivity contribution in [3.05, 3.63) is 50.4 Å². The van der Waals surface area contributed by atoms with Gasteiger partial charge in [0.25, 0.3) is 5.91 Å². The zero-order chi connectivity index (χ0) is 15.2. The van der Waals surface area contributed by atoms with Gasteiger partial charge < -0.3 is 9.15 Å². The molecule has 0 aliphatic rings. The van der Waals surface area contributed by atoms with Crippen LogP contribution >= 0.6 is 34.2 Å². The van der Waals surface area contributed by atoms with Crippen molar-refractivity contribution < 1.29 is 13.9 Å². The lowest BCUT2D eigenvalue weighted by Crippen LogP contribution is -2.24. The molecule has 0 unspecified atom stereocenters. The lowest BCUT2D eigenvalue weighted by Gasteiger charge is -2.06. The average Bonchev–Trinajstić information content (AvgIpc) is 2.86. The summed E-state index contributed by atoms with van der Waals surface area (Å²) in [4.78, 5) is 11.6. The Hall–Kier alpha value is -1.54. The van der Waals surface area contributed by atoms with Gasteiger partial charge in [0.2, 0.25) is 0 Å².